The summed E-state index contributed by atoms with van der Waals surface area (Å²) in [5.74, 6) is 0. The minimum Gasteiger partial charge on any atom is -0.296 e. The van der Waals surface area contributed by atoms with Crippen molar-refractivity contribution in [1.29, 1.82) is 0 Å². The number of hydrogen-bond acceptors (Lipinski definition) is 2. The maximum absolute atomic E-state index is 6.51. The van der Waals surface area contributed by atoms with Crippen LogP contribution in [0.4, 0.5) is 0 Å². The number of aryl methyl sites for hydroxylation is 1. The zero-order valence-corrected chi connectivity index (χ0v) is 19.4. The van der Waals surface area contributed by atoms with Crippen LogP contribution < -0.4 is 0 Å². The van der Waals surface area contributed by atoms with Gasteiger partial charge in [0.2, 0.25) is 0 Å². The molecule has 0 spiro atoms. The molecule has 1 nitrogen and oxygen atoms in total. The molecule has 0 N–H and O–H groups in total. The summed E-state index contributed by atoms with van der Waals surface area (Å²) in [7, 11) is 0. The molecule has 0 radical (unpaired) electrons. The average molecular weight is 444 g/mol. The molecule has 2 aliphatic rings. The molecule has 1 aromatic heterocycles. The third-order valence-electron chi connectivity index (χ3n) is 7.07. The fourth-order valence-electron chi connectivity index (χ4n) is 5.57. The topological polar surface area (TPSA) is 3.24 Å². The molecule has 31 heavy (non-hydrogen) atoms. The van der Waals surface area contributed by atoms with E-state index in [2.05, 4.69) is 72.5 Å². The third-order valence-corrected chi connectivity index (χ3v) is 8.60. The first-order valence-corrected chi connectivity index (χ1v) is 12.6. The second-order valence-corrected chi connectivity index (χ2v) is 10.4. The minimum absolute atomic E-state index is 0.736. The summed E-state index contributed by atoms with van der Waals surface area (Å²) in [6.45, 7) is 4.68. The molecule has 3 aromatic carbocycles. The summed E-state index contributed by atoms with van der Waals surface area (Å²) in [6, 6.07) is 20.5. The second kappa shape index (κ2) is 7.78. The van der Waals surface area contributed by atoms with Gasteiger partial charge in [-0.05, 0) is 89.5 Å². The smallest absolute Gasteiger partial charge is 0.0418 e. The Bertz CT molecular complexity index is 1330. The number of benzene rings is 3. The molecule has 3 heterocycles. The molecule has 156 valence electrons. The van der Waals surface area contributed by atoms with E-state index in [1.807, 2.05) is 11.3 Å². The molecule has 1 atom stereocenters. The Balaban J connectivity index is 1.53. The van der Waals surface area contributed by atoms with Gasteiger partial charge in [-0.1, -0.05) is 54.9 Å². The minimum atomic E-state index is 0.736. The first-order chi connectivity index (χ1) is 15.2. The fourth-order valence-corrected chi connectivity index (χ4v) is 6.95. The van der Waals surface area contributed by atoms with E-state index in [1.165, 1.54) is 68.2 Å². The van der Waals surface area contributed by atoms with Crippen LogP contribution in [0.3, 0.4) is 0 Å². The quantitative estimate of drug-likeness (QED) is 0.308. The molecule has 1 unspecified atom stereocenters. The summed E-state index contributed by atoms with van der Waals surface area (Å²) >= 11 is 8.48. The number of thiophene rings is 1. The van der Waals surface area contributed by atoms with Crippen molar-refractivity contribution in [3.05, 3.63) is 76.1 Å². The normalized spacial score (nSPS) is 19.2. The van der Waals surface area contributed by atoms with E-state index in [0.29, 0.717) is 0 Å². The Morgan fingerprint density at radius 1 is 1.06 bits per heavy atom. The van der Waals surface area contributed by atoms with Gasteiger partial charge in [0.05, 0.1) is 0 Å². The average Bonchev–Trinajstić information content (AvgIpc) is 3.41. The number of halogens is 1. The summed E-state index contributed by atoms with van der Waals surface area (Å²) < 4.78 is 1.40. The van der Waals surface area contributed by atoms with Crippen molar-refractivity contribution in [2.75, 3.05) is 13.1 Å². The van der Waals surface area contributed by atoms with E-state index < -0.39 is 0 Å². The van der Waals surface area contributed by atoms with Crippen LogP contribution in [0.2, 0.25) is 5.02 Å². The predicted molar refractivity (Wildman–Crippen MR) is 136 cm³/mol. The fraction of sp³-hybridized carbons (Fsp3) is 0.286. The Labute approximate surface area is 193 Å². The highest BCUT2D eigenvalue weighted by molar-refractivity contribution is 7.19. The van der Waals surface area contributed by atoms with E-state index in [1.54, 1.807) is 5.57 Å². The van der Waals surface area contributed by atoms with Crippen LogP contribution in [-0.2, 0) is 6.42 Å². The first-order valence-electron chi connectivity index (χ1n) is 11.4. The van der Waals surface area contributed by atoms with Gasteiger partial charge in [0.15, 0.2) is 0 Å². The van der Waals surface area contributed by atoms with Gasteiger partial charge in [-0.2, -0.15) is 0 Å². The van der Waals surface area contributed by atoms with Gasteiger partial charge in [0.25, 0.3) is 0 Å². The summed E-state index contributed by atoms with van der Waals surface area (Å²) in [5, 5.41) is 4.67. The van der Waals surface area contributed by atoms with E-state index in [0.717, 1.165) is 24.0 Å². The van der Waals surface area contributed by atoms with Crippen LogP contribution in [0.1, 0.15) is 36.6 Å². The van der Waals surface area contributed by atoms with Gasteiger partial charge in [-0.3, -0.25) is 4.90 Å². The van der Waals surface area contributed by atoms with Gasteiger partial charge < -0.3 is 0 Å². The van der Waals surface area contributed by atoms with Crippen molar-refractivity contribution in [1.82, 2.24) is 4.90 Å². The van der Waals surface area contributed by atoms with Gasteiger partial charge >= 0.3 is 0 Å². The van der Waals surface area contributed by atoms with Crippen LogP contribution >= 0.6 is 22.9 Å². The zero-order chi connectivity index (χ0) is 20.9. The summed E-state index contributed by atoms with van der Waals surface area (Å²) in [4.78, 5) is 4.19. The number of hydrogen-bond donors (Lipinski definition) is 0. The lowest BCUT2D eigenvalue weighted by atomic mass is 9.90. The molecular weight excluding hydrogens is 418 g/mol. The van der Waals surface area contributed by atoms with E-state index in [4.69, 9.17) is 11.6 Å². The number of rotatable bonds is 3. The van der Waals surface area contributed by atoms with Crippen molar-refractivity contribution >= 4 is 49.4 Å². The van der Waals surface area contributed by atoms with Gasteiger partial charge in [-0.25, -0.2) is 0 Å². The summed E-state index contributed by atoms with van der Waals surface area (Å²) in [6.07, 6.45) is 7.49. The third kappa shape index (κ3) is 3.33. The summed E-state index contributed by atoms with van der Waals surface area (Å²) in [5.41, 5.74) is 5.56. The lowest BCUT2D eigenvalue weighted by Gasteiger charge is -2.29. The Morgan fingerprint density at radius 3 is 2.87 bits per heavy atom. The molecule has 2 aliphatic heterocycles. The molecule has 1 fully saturated rings. The Morgan fingerprint density at radius 2 is 1.97 bits per heavy atom. The molecule has 0 bridgehead atoms. The number of fused-ring (bicyclic) bond motifs is 3. The van der Waals surface area contributed by atoms with E-state index in [-0.39, 0.29) is 0 Å². The molecule has 0 saturated carbocycles. The highest BCUT2D eigenvalue weighted by Gasteiger charge is 2.29. The van der Waals surface area contributed by atoms with Crippen molar-refractivity contribution in [3.8, 4) is 11.1 Å². The van der Waals surface area contributed by atoms with Crippen molar-refractivity contribution in [3.63, 3.8) is 0 Å². The highest BCUT2D eigenvalue weighted by atomic mass is 35.5. The zero-order valence-electron chi connectivity index (χ0n) is 17.8. The van der Waals surface area contributed by atoms with E-state index >= 15 is 0 Å². The van der Waals surface area contributed by atoms with Crippen molar-refractivity contribution < 1.29 is 0 Å². The van der Waals surface area contributed by atoms with Gasteiger partial charge in [-0.15, -0.1) is 11.3 Å². The standard InChI is InChI=1S/C28H26ClNS/c1-2-26-28(20-11-13-30-12-5-7-22(30)15-20)25-16-19(9-10-27(25)31-26)24-17-21(29)14-18-6-3-4-8-23(18)24/h3-4,6,8-11,14,16-17,22H,2,5,7,12-13,15H2,1H3. The van der Waals surface area contributed by atoms with Crippen molar-refractivity contribution in [2.45, 2.75) is 38.6 Å². The van der Waals surface area contributed by atoms with Gasteiger partial charge in [0.1, 0.15) is 0 Å². The van der Waals surface area contributed by atoms with E-state index in [9.17, 15) is 0 Å². The van der Waals surface area contributed by atoms with Crippen LogP contribution in [0.5, 0.6) is 0 Å². The van der Waals surface area contributed by atoms with Crippen molar-refractivity contribution in [2.24, 2.45) is 0 Å². The van der Waals surface area contributed by atoms with Crippen LogP contribution in [0, 0.1) is 0 Å². The molecule has 0 amide bonds. The predicted octanol–water partition coefficient (Wildman–Crippen LogP) is 8.19. The SMILES string of the molecule is CCc1sc2ccc(-c3cc(Cl)cc4ccccc34)cc2c1C1=CCN2CCCC2C1. The first kappa shape index (κ1) is 19.5. The van der Waals surface area contributed by atoms with Crippen LogP contribution in [0.15, 0.2) is 60.7 Å². The second-order valence-electron chi connectivity index (χ2n) is 8.86. The van der Waals surface area contributed by atoms with Crippen LogP contribution in [0.25, 0.3) is 37.6 Å². The van der Waals surface area contributed by atoms with Crippen LogP contribution in [-0.4, -0.2) is 24.0 Å². The van der Waals surface area contributed by atoms with Gasteiger partial charge in [0, 0.05) is 32.6 Å². The largest absolute Gasteiger partial charge is 0.296 e. The monoisotopic (exact) mass is 443 g/mol. The Kier molecular flexibility index (Phi) is 4.90. The molecule has 0 aliphatic carbocycles. The molecular formula is C28H26ClNS. The maximum atomic E-state index is 6.51. The number of nitrogens with zero attached hydrogens (tertiary/aromatic N) is 1. The molecule has 6 rings (SSSR count). The maximum Gasteiger partial charge on any atom is 0.0418 e. The highest BCUT2D eigenvalue weighted by Crippen LogP contribution is 2.43. The lowest BCUT2D eigenvalue weighted by molar-refractivity contribution is 0.275. The molecule has 1 saturated heterocycles. The lowest BCUT2D eigenvalue weighted by Crippen LogP contribution is -2.32. The molecule has 3 heteroatoms. The Hall–Kier alpha value is -2.13. The molecule has 4 aromatic rings.